The molecule has 0 aromatic carbocycles. The molecule has 0 aromatic rings. The summed E-state index contributed by atoms with van der Waals surface area (Å²) in [7, 11) is 0. The third-order valence-corrected chi connectivity index (χ3v) is 5.67. The lowest BCUT2D eigenvalue weighted by atomic mass is 9.69. The standard InChI is InChI=1S/C15H25NO3S/c17-13(11-20-12-14(18)19)16-9-4-7-15(8-10-16)5-2-1-3-6-15/h1-12H2,(H,18,19). The molecule has 0 radical (unpaired) electrons. The van der Waals surface area contributed by atoms with Crippen LogP contribution in [0.15, 0.2) is 0 Å². The number of hydrogen-bond donors (Lipinski definition) is 1. The number of carbonyl (C=O) groups is 2. The van der Waals surface area contributed by atoms with Gasteiger partial charge in [-0.05, 0) is 37.5 Å². The quantitative estimate of drug-likeness (QED) is 0.867. The molecule has 114 valence electrons. The molecular weight excluding hydrogens is 274 g/mol. The van der Waals surface area contributed by atoms with Gasteiger partial charge in [0.2, 0.25) is 5.91 Å². The highest BCUT2D eigenvalue weighted by Crippen LogP contribution is 2.44. The number of hydrogen-bond acceptors (Lipinski definition) is 3. The van der Waals surface area contributed by atoms with Gasteiger partial charge in [-0.1, -0.05) is 19.3 Å². The third-order valence-electron chi connectivity index (χ3n) is 4.77. The van der Waals surface area contributed by atoms with E-state index < -0.39 is 5.97 Å². The van der Waals surface area contributed by atoms with Crippen LogP contribution in [0.2, 0.25) is 0 Å². The number of aliphatic carboxylic acids is 1. The van der Waals surface area contributed by atoms with Gasteiger partial charge in [0.1, 0.15) is 0 Å². The van der Waals surface area contributed by atoms with E-state index in [0.717, 1.165) is 25.9 Å². The minimum absolute atomic E-state index is 0.0174. The van der Waals surface area contributed by atoms with E-state index in [0.29, 0.717) is 11.2 Å². The van der Waals surface area contributed by atoms with Gasteiger partial charge in [0.15, 0.2) is 0 Å². The maximum atomic E-state index is 12.1. The summed E-state index contributed by atoms with van der Waals surface area (Å²) in [5, 5.41) is 8.60. The van der Waals surface area contributed by atoms with Crippen LogP contribution in [0.5, 0.6) is 0 Å². The molecule has 1 aliphatic heterocycles. The van der Waals surface area contributed by atoms with E-state index in [9.17, 15) is 9.59 Å². The molecule has 1 amide bonds. The first-order valence-corrected chi connectivity index (χ1v) is 8.84. The highest BCUT2D eigenvalue weighted by atomic mass is 32.2. The van der Waals surface area contributed by atoms with Crippen molar-refractivity contribution in [1.29, 1.82) is 0 Å². The van der Waals surface area contributed by atoms with Crippen LogP contribution < -0.4 is 0 Å². The topological polar surface area (TPSA) is 57.6 Å². The molecule has 2 aliphatic rings. The smallest absolute Gasteiger partial charge is 0.313 e. The first kappa shape index (κ1) is 15.7. The zero-order chi connectivity index (χ0) is 14.4. The highest BCUT2D eigenvalue weighted by Gasteiger charge is 2.34. The van der Waals surface area contributed by atoms with Crippen molar-refractivity contribution < 1.29 is 14.7 Å². The van der Waals surface area contributed by atoms with Crippen LogP contribution in [0.1, 0.15) is 51.4 Å². The molecule has 5 heteroatoms. The molecule has 1 aliphatic carbocycles. The van der Waals surface area contributed by atoms with Gasteiger partial charge < -0.3 is 10.0 Å². The SMILES string of the molecule is O=C(O)CSCC(=O)N1CCCC2(CCCCC2)CC1. The molecule has 1 saturated carbocycles. The van der Waals surface area contributed by atoms with Crippen molar-refractivity contribution in [1.82, 2.24) is 4.90 Å². The Morgan fingerprint density at radius 1 is 0.950 bits per heavy atom. The van der Waals surface area contributed by atoms with Crippen molar-refractivity contribution in [3.63, 3.8) is 0 Å². The van der Waals surface area contributed by atoms with Crippen LogP contribution in [-0.2, 0) is 9.59 Å². The Morgan fingerprint density at radius 3 is 2.35 bits per heavy atom. The van der Waals surface area contributed by atoms with Gasteiger partial charge in [-0.15, -0.1) is 11.8 Å². The zero-order valence-electron chi connectivity index (χ0n) is 12.1. The lowest BCUT2D eigenvalue weighted by Gasteiger charge is -2.36. The lowest BCUT2D eigenvalue weighted by Crippen LogP contribution is -2.34. The average Bonchev–Trinajstić information content (AvgIpc) is 2.62. The maximum absolute atomic E-state index is 12.1. The van der Waals surface area contributed by atoms with Gasteiger partial charge in [0.05, 0.1) is 11.5 Å². The molecule has 4 nitrogen and oxygen atoms in total. The molecule has 1 heterocycles. The van der Waals surface area contributed by atoms with Gasteiger partial charge in [0, 0.05) is 13.1 Å². The van der Waals surface area contributed by atoms with Crippen LogP contribution in [0.4, 0.5) is 0 Å². The molecule has 2 rings (SSSR count). The molecule has 0 unspecified atom stereocenters. The van der Waals surface area contributed by atoms with Crippen LogP contribution >= 0.6 is 11.8 Å². The number of carbonyl (C=O) groups excluding carboxylic acids is 1. The van der Waals surface area contributed by atoms with Crippen LogP contribution in [0, 0.1) is 5.41 Å². The van der Waals surface area contributed by atoms with E-state index in [-0.39, 0.29) is 11.7 Å². The number of nitrogens with zero attached hydrogens (tertiary/aromatic N) is 1. The molecule has 1 N–H and O–H groups in total. The predicted molar refractivity (Wildman–Crippen MR) is 80.9 cm³/mol. The summed E-state index contributed by atoms with van der Waals surface area (Å²) in [6.07, 6.45) is 10.3. The van der Waals surface area contributed by atoms with Crippen molar-refractivity contribution in [3.05, 3.63) is 0 Å². The summed E-state index contributed by atoms with van der Waals surface area (Å²) in [6.45, 7) is 1.72. The van der Waals surface area contributed by atoms with E-state index in [1.165, 1.54) is 50.3 Å². The summed E-state index contributed by atoms with van der Waals surface area (Å²) >= 11 is 1.21. The normalized spacial score (nSPS) is 22.5. The Kier molecular flexibility index (Phi) is 5.75. The van der Waals surface area contributed by atoms with E-state index in [2.05, 4.69) is 0 Å². The van der Waals surface area contributed by atoms with Gasteiger partial charge in [0.25, 0.3) is 0 Å². The van der Waals surface area contributed by atoms with Gasteiger partial charge >= 0.3 is 5.97 Å². The van der Waals surface area contributed by atoms with Crippen LogP contribution in [0.3, 0.4) is 0 Å². The molecule has 0 aromatic heterocycles. The second-order valence-electron chi connectivity index (χ2n) is 6.18. The second-order valence-corrected chi connectivity index (χ2v) is 7.17. The van der Waals surface area contributed by atoms with Crippen molar-refractivity contribution in [2.45, 2.75) is 51.4 Å². The molecule has 0 bridgehead atoms. The Labute approximate surface area is 125 Å². The number of carboxylic acid groups (broad SMARTS) is 1. The summed E-state index contributed by atoms with van der Waals surface area (Å²) in [6, 6.07) is 0. The number of carboxylic acids is 1. The summed E-state index contributed by atoms with van der Waals surface area (Å²) < 4.78 is 0. The van der Waals surface area contributed by atoms with Crippen LogP contribution in [0.25, 0.3) is 0 Å². The second kappa shape index (κ2) is 7.34. The molecule has 1 saturated heterocycles. The third kappa shape index (κ3) is 4.40. The molecule has 20 heavy (non-hydrogen) atoms. The first-order chi connectivity index (χ1) is 9.61. The largest absolute Gasteiger partial charge is 0.481 e. The fraction of sp³-hybridized carbons (Fsp3) is 0.867. The Hall–Kier alpha value is -0.710. The van der Waals surface area contributed by atoms with Crippen molar-refractivity contribution in [2.75, 3.05) is 24.6 Å². The van der Waals surface area contributed by atoms with E-state index >= 15 is 0 Å². The fourth-order valence-corrected chi connectivity index (χ4v) is 4.26. The van der Waals surface area contributed by atoms with E-state index in [1.54, 1.807) is 0 Å². The van der Waals surface area contributed by atoms with Crippen molar-refractivity contribution >= 4 is 23.6 Å². The highest BCUT2D eigenvalue weighted by molar-refractivity contribution is 8.00. The number of thioether (sulfide) groups is 1. The van der Waals surface area contributed by atoms with E-state index in [1.807, 2.05) is 4.90 Å². The predicted octanol–water partition coefficient (Wildman–Crippen LogP) is 2.77. The monoisotopic (exact) mass is 299 g/mol. The van der Waals surface area contributed by atoms with Crippen molar-refractivity contribution in [3.8, 4) is 0 Å². The zero-order valence-corrected chi connectivity index (χ0v) is 12.9. The number of rotatable bonds is 4. The van der Waals surface area contributed by atoms with E-state index in [4.69, 9.17) is 5.11 Å². The van der Waals surface area contributed by atoms with Gasteiger partial charge in [-0.3, -0.25) is 9.59 Å². The van der Waals surface area contributed by atoms with Gasteiger partial charge in [-0.25, -0.2) is 0 Å². The maximum Gasteiger partial charge on any atom is 0.313 e. The molecular formula is C15H25NO3S. The Balaban J connectivity index is 1.79. The molecule has 2 fully saturated rings. The number of amides is 1. The average molecular weight is 299 g/mol. The summed E-state index contributed by atoms with van der Waals surface area (Å²) in [5.41, 5.74) is 0.501. The van der Waals surface area contributed by atoms with Gasteiger partial charge in [-0.2, -0.15) is 0 Å². The lowest BCUT2D eigenvalue weighted by molar-refractivity contribution is -0.133. The fourth-order valence-electron chi connectivity index (χ4n) is 3.62. The Bertz CT molecular complexity index is 353. The minimum Gasteiger partial charge on any atom is -0.481 e. The van der Waals surface area contributed by atoms with Crippen molar-refractivity contribution in [2.24, 2.45) is 5.41 Å². The Morgan fingerprint density at radius 2 is 1.65 bits per heavy atom. The summed E-state index contributed by atoms with van der Waals surface area (Å²) in [5.74, 6) is -0.410. The molecule has 0 atom stereocenters. The summed E-state index contributed by atoms with van der Waals surface area (Å²) in [4.78, 5) is 24.5. The molecule has 1 spiro atoms. The minimum atomic E-state index is -0.847. The van der Waals surface area contributed by atoms with Crippen LogP contribution in [-0.4, -0.2) is 46.5 Å². The number of likely N-dealkylation sites (tertiary alicyclic amines) is 1. The first-order valence-electron chi connectivity index (χ1n) is 7.69.